The zero-order valence-electron chi connectivity index (χ0n) is 35.8. The molecule has 0 bridgehead atoms. The Bertz CT molecular complexity index is 725. The quantitative estimate of drug-likeness (QED) is 0.0480. The van der Waals surface area contributed by atoms with Crippen LogP contribution in [-0.4, -0.2) is 11.5 Å². The van der Waals surface area contributed by atoms with Crippen LogP contribution in [0.1, 0.15) is 271 Å². The Morgan fingerprint density at radius 1 is 0.250 bits per heavy atom. The number of benzene rings is 1. The van der Waals surface area contributed by atoms with Crippen LogP contribution in [0.5, 0.6) is 0 Å². The van der Waals surface area contributed by atoms with Gasteiger partial charge in [-0.25, -0.2) is 0 Å². The third kappa shape index (κ3) is 36.9. The Morgan fingerprint density at radius 2 is 0.423 bits per heavy atom. The molecule has 0 aliphatic rings. The zero-order valence-corrected chi connectivity index (χ0v) is 37.5. The van der Waals surface area contributed by atoms with Crippen molar-refractivity contribution in [3.8, 4) is 0 Å². The van der Waals surface area contributed by atoms with E-state index in [-0.39, 0.29) is 0 Å². The lowest BCUT2D eigenvalue weighted by atomic mass is 10.0. The van der Waals surface area contributed by atoms with Gasteiger partial charge < -0.3 is 0 Å². The molecule has 0 heterocycles. The monoisotopic (exact) mass is 759 g/mol. The lowest BCUT2D eigenvalue weighted by Gasteiger charge is -2.09. The molecule has 0 aliphatic heterocycles. The van der Waals surface area contributed by atoms with Crippen LogP contribution in [0.15, 0.2) is 34.1 Å². The molecule has 0 radical (unpaired) electrons. The molecule has 0 unspecified atom stereocenters. The number of hydrogen-bond acceptors (Lipinski definition) is 2. The van der Waals surface area contributed by atoms with Gasteiger partial charge in [0.15, 0.2) is 0 Å². The molecule has 2 heteroatoms. The van der Waals surface area contributed by atoms with E-state index in [1.54, 1.807) is 0 Å². The van der Waals surface area contributed by atoms with Crippen LogP contribution in [0, 0.1) is 0 Å². The molecule has 0 nitrogen and oxygen atoms in total. The first-order chi connectivity index (χ1) is 25.9. The number of rotatable bonds is 44. The van der Waals surface area contributed by atoms with Gasteiger partial charge in [0.2, 0.25) is 0 Å². The van der Waals surface area contributed by atoms with Crippen LogP contribution in [0.3, 0.4) is 0 Å². The molecule has 1 rings (SSSR count). The van der Waals surface area contributed by atoms with Gasteiger partial charge in [0.25, 0.3) is 0 Å². The molecule has 0 amide bonds. The predicted octanol–water partition coefficient (Wildman–Crippen LogP) is 19.5. The van der Waals surface area contributed by atoms with Crippen molar-refractivity contribution in [2.75, 3.05) is 11.5 Å². The molecule has 306 valence electrons. The Morgan fingerprint density at radius 3 is 0.615 bits per heavy atom. The third-order valence-electron chi connectivity index (χ3n) is 11.4. The molecule has 0 spiro atoms. The second kappa shape index (κ2) is 43.6. The van der Waals surface area contributed by atoms with E-state index >= 15 is 0 Å². The van der Waals surface area contributed by atoms with Crippen molar-refractivity contribution in [2.24, 2.45) is 0 Å². The molecule has 1 aromatic carbocycles. The lowest BCUT2D eigenvalue weighted by molar-refractivity contribution is 0.523. The van der Waals surface area contributed by atoms with Gasteiger partial charge in [0.05, 0.1) is 0 Å². The molecule has 0 N–H and O–H groups in total. The van der Waals surface area contributed by atoms with Crippen molar-refractivity contribution < 1.29 is 0 Å². The Hall–Kier alpha value is -0.0800. The minimum atomic E-state index is 1.29. The van der Waals surface area contributed by atoms with Crippen LogP contribution >= 0.6 is 23.5 Å². The second-order valence-corrected chi connectivity index (χ2v) is 18.9. The van der Waals surface area contributed by atoms with Crippen LogP contribution < -0.4 is 0 Å². The van der Waals surface area contributed by atoms with Crippen molar-refractivity contribution in [3.63, 3.8) is 0 Å². The highest BCUT2D eigenvalue weighted by Gasteiger charge is 2.04. The molecule has 0 saturated carbocycles. The number of thioether (sulfide) groups is 2. The average molecular weight is 759 g/mol. The van der Waals surface area contributed by atoms with E-state index in [1.807, 2.05) is 0 Å². The van der Waals surface area contributed by atoms with Gasteiger partial charge in [-0.1, -0.05) is 270 Å². The molecule has 52 heavy (non-hydrogen) atoms. The maximum atomic E-state index is 2.36. The maximum absolute atomic E-state index is 2.36. The fourth-order valence-corrected chi connectivity index (χ4v) is 10.0. The van der Waals surface area contributed by atoms with Gasteiger partial charge in [-0.2, -0.15) is 0 Å². The summed E-state index contributed by atoms with van der Waals surface area (Å²) < 4.78 is 0. The van der Waals surface area contributed by atoms with Crippen LogP contribution in [-0.2, 0) is 0 Å². The van der Waals surface area contributed by atoms with E-state index in [1.165, 1.54) is 278 Å². The van der Waals surface area contributed by atoms with Crippen LogP contribution in [0.4, 0.5) is 0 Å². The Kier molecular flexibility index (Phi) is 41.9. The van der Waals surface area contributed by atoms with Gasteiger partial charge in [0.1, 0.15) is 0 Å². The highest BCUT2D eigenvalue weighted by molar-refractivity contribution is 8.02. The fraction of sp³-hybridized carbons (Fsp3) is 0.880. The summed E-state index contributed by atoms with van der Waals surface area (Å²) >= 11 is 4.22. The molecule has 0 saturated heterocycles. The van der Waals surface area contributed by atoms with Crippen molar-refractivity contribution in [1.29, 1.82) is 0 Å². The highest BCUT2D eigenvalue weighted by atomic mass is 32.2. The zero-order chi connectivity index (χ0) is 37.1. The van der Waals surface area contributed by atoms with Crippen molar-refractivity contribution in [1.82, 2.24) is 0 Å². The second-order valence-electron chi connectivity index (χ2n) is 16.6. The molecular formula is C50H94S2. The van der Waals surface area contributed by atoms with Crippen molar-refractivity contribution in [3.05, 3.63) is 24.3 Å². The number of unbranched alkanes of at least 4 members (excludes halogenated alkanes) is 38. The van der Waals surface area contributed by atoms with Crippen molar-refractivity contribution in [2.45, 2.75) is 280 Å². The Balaban J connectivity index is 1.82. The van der Waals surface area contributed by atoms with Crippen LogP contribution in [0.25, 0.3) is 0 Å². The minimum Gasteiger partial charge on any atom is -0.125 e. The summed E-state index contributed by atoms with van der Waals surface area (Å²) in [5.74, 6) is 2.58. The fourth-order valence-electron chi connectivity index (χ4n) is 7.77. The van der Waals surface area contributed by atoms with E-state index in [2.05, 4.69) is 61.6 Å². The minimum absolute atomic E-state index is 1.29. The molecule has 1 aromatic rings. The maximum Gasteiger partial charge on any atom is 0.0208 e. The standard InChI is InChI=1S/C50H94S2/c1-3-5-7-9-11-13-15-17-19-21-23-25-27-29-31-33-35-37-39-43-47-51-49-45-41-42-46-50(49)52-48-44-40-38-36-34-32-30-28-26-24-22-20-18-16-14-12-10-8-6-4-2/h41-42,45-46H,3-40,43-44,47-48H2,1-2H3. The normalized spacial score (nSPS) is 11.6. The topological polar surface area (TPSA) is 0 Å². The molecule has 0 fully saturated rings. The smallest absolute Gasteiger partial charge is 0.0208 e. The highest BCUT2D eigenvalue weighted by Crippen LogP contribution is 2.32. The van der Waals surface area contributed by atoms with E-state index in [0.29, 0.717) is 0 Å². The summed E-state index contributed by atoms with van der Waals surface area (Å²) in [5.41, 5.74) is 0. The first kappa shape index (κ1) is 49.9. The lowest BCUT2D eigenvalue weighted by Crippen LogP contribution is -1.87. The molecule has 0 aliphatic carbocycles. The van der Waals surface area contributed by atoms with Gasteiger partial charge in [0, 0.05) is 9.79 Å². The Labute approximate surface area is 338 Å². The number of hydrogen-bond donors (Lipinski definition) is 0. The summed E-state index contributed by atoms with van der Waals surface area (Å²) in [4.78, 5) is 3.05. The van der Waals surface area contributed by atoms with E-state index in [0.717, 1.165) is 0 Å². The van der Waals surface area contributed by atoms with E-state index in [4.69, 9.17) is 0 Å². The molecular weight excluding hydrogens is 665 g/mol. The van der Waals surface area contributed by atoms with Gasteiger partial charge >= 0.3 is 0 Å². The van der Waals surface area contributed by atoms with Crippen LogP contribution in [0.2, 0.25) is 0 Å². The SMILES string of the molecule is CCCCCCCCCCCCCCCCCCCCCCSc1ccccc1SCCCCCCCCCCCCCCCCCCCCCC. The predicted molar refractivity (Wildman–Crippen MR) is 244 cm³/mol. The van der Waals surface area contributed by atoms with Crippen molar-refractivity contribution >= 4 is 23.5 Å². The largest absolute Gasteiger partial charge is 0.125 e. The van der Waals surface area contributed by atoms with E-state index in [9.17, 15) is 0 Å². The first-order valence-corrected chi connectivity index (χ1v) is 26.2. The third-order valence-corrected chi connectivity index (χ3v) is 13.8. The van der Waals surface area contributed by atoms with Gasteiger partial charge in [-0.15, -0.1) is 23.5 Å². The summed E-state index contributed by atoms with van der Waals surface area (Å²) in [5, 5.41) is 0. The molecule has 0 atom stereocenters. The van der Waals surface area contributed by atoms with Gasteiger partial charge in [-0.05, 0) is 36.5 Å². The average Bonchev–Trinajstić information content (AvgIpc) is 3.16. The molecule has 0 aromatic heterocycles. The first-order valence-electron chi connectivity index (χ1n) is 24.2. The summed E-state index contributed by atoms with van der Waals surface area (Å²) in [7, 11) is 0. The summed E-state index contributed by atoms with van der Waals surface area (Å²) in [6.07, 6.45) is 58.3. The van der Waals surface area contributed by atoms with E-state index < -0.39 is 0 Å². The summed E-state index contributed by atoms with van der Waals surface area (Å²) in [6.45, 7) is 4.62. The van der Waals surface area contributed by atoms with Gasteiger partial charge in [-0.3, -0.25) is 0 Å². The summed E-state index contributed by atoms with van der Waals surface area (Å²) in [6, 6.07) is 9.20.